The quantitative estimate of drug-likeness (QED) is 0.609. The fourth-order valence-corrected chi connectivity index (χ4v) is 4.59. The van der Waals surface area contributed by atoms with E-state index >= 15 is 0 Å². The highest BCUT2D eigenvalue weighted by molar-refractivity contribution is 5.92. The van der Waals surface area contributed by atoms with Gasteiger partial charge in [-0.25, -0.2) is 0 Å². The van der Waals surface area contributed by atoms with Gasteiger partial charge in [0.2, 0.25) is 0 Å². The molecule has 1 aliphatic rings. The smallest absolute Gasteiger partial charge is 0.280 e. The Morgan fingerprint density at radius 1 is 1.26 bits per heavy atom. The van der Waals surface area contributed by atoms with Gasteiger partial charge in [-0.1, -0.05) is 30.3 Å². The van der Waals surface area contributed by atoms with Crippen LogP contribution >= 0.6 is 0 Å². The van der Waals surface area contributed by atoms with Crippen molar-refractivity contribution in [2.75, 3.05) is 38.7 Å². The first-order valence-corrected chi connectivity index (χ1v) is 11.3. The number of nitriles is 1. The zero-order valence-electron chi connectivity index (χ0n) is 19.0. The molecule has 166 valence electrons. The summed E-state index contributed by atoms with van der Waals surface area (Å²) in [6, 6.07) is 12.9. The second-order valence-electron chi connectivity index (χ2n) is 8.65. The van der Waals surface area contributed by atoms with Crippen molar-refractivity contribution in [2.24, 2.45) is 5.92 Å². The predicted molar refractivity (Wildman–Crippen MR) is 122 cm³/mol. The van der Waals surface area contributed by atoms with Crippen molar-refractivity contribution >= 4 is 11.7 Å². The molecule has 0 saturated carbocycles. The SMILES string of the molecule is COCCCn1c(C)c(C)c(C#N)c1NC(=O)C[NH+]1CCC(Cc2ccccc2)CC1. The Balaban J connectivity index is 1.56. The van der Waals surface area contributed by atoms with Crippen LogP contribution in [0.5, 0.6) is 0 Å². The molecule has 31 heavy (non-hydrogen) atoms. The molecule has 6 heteroatoms. The van der Waals surface area contributed by atoms with Gasteiger partial charge in [-0.05, 0) is 56.6 Å². The molecule has 1 aromatic carbocycles. The van der Waals surface area contributed by atoms with E-state index in [1.165, 1.54) is 10.5 Å². The lowest BCUT2D eigenvalue weighted by atomic mass is 9.90. The van der Waals surface area contributed by atoms with Crippen molar-refractivity contribution < 1.29 is 14.4 Å². The molecule has 0 unspecified atom stereocenters. The summed E-state index contributed by atoms with van der Waals surface area (Å²) in [4.78, 5) is 14.2. The van der Waals surface area contributed by atoms with E-state index in [0.717, 1.165) is 56.6 Å². The zero-order valence-corrected chi connectivity index (χ0v) is 19.0. The second kappa shape index (κ2) is 11.1. The number of piperidine rings is 1. The number of likely N-dealkylation sites (tertiary alicyclic amines) is 1. The topological polar surface area (TPSA) is 71.5 Å². The van der Waals surface area contributed by atoms with Crippen LogP contribution in [-0.2, 0) is 22.5 Å². The predicted octanol–water partition coefficient (Wildman–Crippen LogP) is 2.49. The molecule has 6 nitrogen and oxygen atoms in total. The Morgan fingerprint density at radius 3 is 2.61 bits per heavy atom. The molecular weight excluding hydrogens is 388 g/mol. The monoisotopic (exact) mass is 423 g/mol. The van der Waals surface area contributed by atoms with E-state index in [0.29, 0.717) is 30.5 Å². The Bertz CT molecular complexity index is 906. The lowest BCUT2D eigenvalue weighted by Gasteiger charge is -2.29. The number of carbonyl (C=O) groups is 1. The molecule has 0 bridgehead atoms. The third-order valence-electron chi connectivity index (χ3n) is 6.52. The minimum Gasteiger partial charge on any atom is -0.385 e. The fourth-order valence-electron chi connectivity index (χ4n) is 4.59. The minimum absolute atomic E-state index is 0.0153. The highest BCUT2D eigenvalue weighted by Crippen LogP contribution is 2.26. The number of anilines is 1. The molecule has 2 aromatic rings. The van der Waals surface area contributed by atoms with Gasteiger partial charge in [0.25, 0.3) is 5.91 Å². The Labute approximate surface area is 185 Å². The van der Waals surface area contributed by atoms with E-state index in [-0.39, 0.29) is 5.91 Å². The number of ether oxygens (including phenoxy) is 1. The first kappa shape index (κ1) is 23.1. The van der Waals surface area contributed by atoms with Crippen LogP contribution in [0.15, 0.2) is 30.3 Å². The summed E-state index contributed by atoms with van der Waals surface area (Å²) in [6.45, 7) is 7.79. The lowest BCUT2D eigenvalue weighted by Crippen LogP contribution is -3.14. The number of quaternary nitrogens is 1. The van der Waals surface area contributed by atoms with E-state index in [1.54, 1.807) is 7.11 Å². The number of carbonyl (C=O) groups excluding carboxylic acids is 1. The van der Waals surface area contributed by atoms with Gasteiger partial charge in [0, 0.05) is 26.0 Å². The molecule has 0 atom stereocenters. The zero-order chi connectivity index (χ0) is 22.2. The van der Waals surface area contributed by atoms with Gasteiger partial charge in [0.15, 0.2) is 6.54 Å². The summed E-state index contributed by atoms with van der Waals surface area (Å²) < 4.78 is 7.21. The first-order valence-electron chi connectivity index (χ1n) is 11.3. The third-order valence-corrected chi connectivity index (χ3v) is 6.52. The van der Waals surface area contributed by atoms with Crippen molar-refractivity contribution in [3.63, 3.8) is 0 Å². The second-order valence-corrected chi connectivity index (χ2v) is 8.65. The van der Waals surface area contributed by atoms with Gasteiger partial charge in [-0.2, -0.15) is 5.26 Å². The van der Waals surface area contributed by atoms with Gasteiger partial charge in [-0.15, -0.1) is 0 Å². The number of nitrogens with one attached hydrogen (secondary N) is 2. The number of nitrogens with zero attached hydrogens (tertiary/aromatic N) is 2. The van der Waals surface area contributed by atoms with Crippen molar-refractivity contribution in [1.29, 1.82) is 5.26 Å². The van der Waals surface area contributed by atoms with Crippen molar-refractivity contribution in [1.82, 2.24) is 4.57 Å². The molecule has 1 aromatic heterocycles. The van der Waals surface area contributed by atoms with Crippen LogP contribution in [0.25, 0.3) is 0 Å². The largest absolute Gasteiger partial charge is 0.385 e. The van der Waals surface area contributed by atoms with Crippen LogP contribution in [0.1, 0.15) is 41.6 Å². The van der Waals surface area contributed by atoms with Crippen molar-refractivity contribution in [2.45, 2.75) is 46.1 Å². The number of rotatable bonds is 9. The molecule has 0 spiro atoms. The maximum absolute atomic E-state index is 12.8. The molecular formula is C25H35N4O2+. The Hall–Kier alpha value is -2.62. The van der Waals surface area contributed by atoms with E-state index < -0.39 is 0 Å². The average Bonchev–Trinajstić information content (AvgIpc) is 2.99. The maximum Gasteiger partial charge on any atom is 0.280 e. The molecule has 1 aliphatic heterocycles. The van der Waals surface area contributed by atoms with Gasteiger partial charge in [-0.3, -0.25) is 4.79 Å². The van der Waals surface area contributed by atoms with Crippen LogP contribution in [0, 0.1) is 31.1 Å². The van der Waals surface area contributed by atoms with Crippen molar-refractivity contribution in [3.8, 4) is 6.07 Å². The summed E-state index contributed by atoms with van der Waals surface area (Å²) in [6.07, 6.45) is 4.25. The van der Waals surface area contributed by atoms with Gasteiger partial charge >= 0.3 is 0 Å². The van der Waals surface area contributed by atoms with Gasteiger partial charge in [0.1, 0.15) is 11.9 Å². The van der Waals surface area contributed by atoms with Crippen molar-refractivity contribution in [3.05, 3.63) is 52.7 Å². The maximum atomic E-state index is 12.8. The van der Waals surface area contributed by atoms with E-state index in [2.05, 4.69) is 41.7 Å². The van der Waals surface area contributed by atoms with Crippen LogP contribution < -0.4 is 10.2 Å². The number of hydrogen-bond donors (Lipinski definition) is 2. The first-order chi connectivity index (χ1) is 15.0. The molecule has 1 amide bonds. The molecule has 1 saturated heterocycles. The third kappa shape index (κ3) is 5.96. The van der Waals surface area contributed by atoms with E-state index in [4.69, 9.17) is 4.74 Å². The van der Waals surface area contributed by atoms with Crippen LogP contribution in [0.3, 0.4) is 0 Å². The lowest BCUT2D eigenvalue weighted by molar-refractivity contribution is -0.898. The number of benzene rings is 1. The number of methoxy groups -OCH3 is 1. The summed E-state index contributed by atoms with van der Waals surface area (Å²) >= 11 is 0. The molecule has 0 aliphatic carbocycles. The summed E-state index contributed by atoms with van der Waals surface area (Å²) in [5.41, 5.74) is 3.93. The number of aromatic nitrogens is 1. The molecule has 2 heterocycles. The van der Waals surface area contributed by atoms with Gasteiger partial charge in [0.05, 0.1) is 18.7 Å². The number of hydrogen-bond acceptors (Lipinski definition) is 3. The molecule has 3 rings (SSSR count). The number of amides is 1. The van der Waals surface area contributed by atoms with E-state index in [9.17, 15) is 10.1 Å². The van der Waals surface area contributed by atoms with Crippen LogP contribution in [0.4, 0.5) is 5.82 Å². The standard InChI is InChI=1S/C25H34N4O2/c1-19-20(2)29(12-7-15-31-3)25(23(19)17-26)27-24(30)18-28-13-10-22(11-14-28)16-21-8-5-4-6-9-21/h4-6,8-9,22H,7,10-16,18H2,1-3H3,(H,27,30)/p+1. The van der Waals surface area contributed by atoms with Crippen LogP contribution in [0.2, 0.25) is 0 Å². The highest BCUT2D eigenvalue weighted by Gasteiger charge is 2.26. The van der Waals surface area contributed by atoms with E-state index in [1.807, 2.05) is 18.4 Å². The highest BCUT2D eigenvalue weighted by atomic mass is 16.5. The Morgan fingerprint density at radius 2 is 1.97 bits per heavy atom. The molecule has 1 fully saturated rings. The Kier molecular flexibility index (Phi) is 8.27. The van der Waals surface area contributed by atoms with Crippen LogP contribution in [-0.4, -0.2) is 43.8 Å². The summed E-state index contributed by atoms with van der Waals surface area (Å²) in [5.74, 6) is 1.32. The summed E-state index contributed by atoms with van der Waals surface area (Å²) in [7, 11) is 1.68. The molecule has 0 radical (unpaired) electrons. The molecule has 2 N–H and O–H groups in total. The fraction of sp³-hybridized carbons (Fsp3) is 0.520. The van der Waals surface area contributed by atoms with Gasteiger partial charge < -0.3 is 19.5 Å². The minimum atomic E-state index is -0.0153. The normalized spacial score (nSPS) is 18.5. The summed E-state index contributed by atoms with van der Waals surface area (Å²) in [5, 5.41) is 12.7. The average molecular weight is 424 g/mol.